The maximum Gasteiger partial charge on any atom is 0.161 e. The first-order chi connectivity index (χ1) is 3.62. The lowest BCUT2D eigenvalue weighted by atomic mass is 10.3. The zero-order valence-electron chi connectivity index (χ0n) is 4.59. The average molecular weight is 138 g/mol. The molecule has 0 aliphatic rings. The van der Waals surface area contributed by atoms with Gasteiger partial charge in [-0.25, -0.2) is 0 Å². The second-order valence-electron chi connectivity index (χ2n) is 1.56. The minimum atomic E-state index is -1.41. The van der Waals surface area contributed by atoms with E-state index in [0.29, 0.717) is 6.42 Å². The van der Waals surface area contributed by atoms with Crippen molar-refractivity contribution in [2.75, 3.05) is 6.54 Å². The molecule has 0 bridgehead atoms. The van der Waals surface area contributed by atoms with E-state index in [0.717, 1.165) is 0 Å². The first-order valence-corrected chi connectivity index (χ1v) is 2.70. The Balaban J connectivity index is 3.53. The number of hydrogen-bond acceptors (Lipinski definition) is 3. The molecular weight excluding hydrogens is 130 g/mol. The molecule has 1 atom stereocenters. The predicted molar refractivity (Wildman–Crippen MR) is 31.8 cm³/mol. The zero-order valence-corrected chi connectivity index (χ0v) is 5.35. The number of nitroso groups, excluding NO2 is 1. The Morgan fingerprint density at radius 1 is 1.88 bits per heavy atom. The lowest BCUT2D eigenvalue weighted by Gasteiger charge is -2.12. The second kappa shape index (κ2) is 2.99. The van der Waals surface area contributed by atoms with Crippen LogP contribution in [0, 0.1) is 4.91 Å². The van der Waals surface area contributed by atoms with E-state index >= 15 is 0 Å². The molecule has 0 fully saturated rings. The van der Waals surface area contributed by atoms with Gasteiger partial charge in [0.15, 0.2) is 5.06 Å². The lowest BCUT2D eigenvalue weighted by molar-refractivity contribution is 0.133. The highest BCUT2D eigenvalue weighted by atomic mass is 35.5. The Morgan fingerprint density at radius 2 is 2.38 bits per heavy atom. The number of alkyl halides is 1. The third-order valence-electron chi connectivity index (χ3n) is 0.849. The van der Waals surface area contributed by atoms with Crippen LogP contribution in [0.2, 0.25) is 0 Å². The molecule has 8 heavy (non-hydrogen) atoms. The van der Waals surface area contributed by atoms with Gasteiger partial charge < -0.3 is 5.11 Å². The summed E-state index contributed by atoms with van der Waals surface area (Å²) in [7, 11) is 0. The summed E-state index contributed by atoms with van der Waals surface area (Å²) in [6, 6.07) is 0. The fourth-order valence-corrected chi connectivity index (χ4v) is 0.260. The molecule has 0 rings (SSSR count). The van der Waals surface area contributed by atoms with E-state index in [1.807, 2.05) is 0 Å². The van der Waals surface area contributed by atoms with Crippen molar-refractivity contribution in [3.8, 4) is 0 Å². The average Bonchev–Trinajstić information content (AvgIpc) is 1.67. The summed E-state index contributed by atoms with van der Waals surface area (Å²) in [5, 5.41) is 9.83. The van der Waals surface area contributed by atoms with E-state index in [9.17, 15) is 4.91 Å². The lowest BCUT2D eigenvalue weighted by Crippen LogP contribution is -2.22. The van der Waals surface area contributed by atoms with Gasteiger partial charge in [0, 0.05) is 0 Å². The molecule has 0 aromatic carbocycles. The molecule has 3 nitrogen and oxygen atoms in total. The van der Waals surface area contributed by atoms with Gasteiger partial charge in [-0.15, -0.1) is 0 Å². The predicted octanol–water partition coefficient (Wildman–Crippen LogP) is 1.09. The SMILES string of the molecule is CCC(O)(Cl)CN=O. The Morgan fingerprint density at radius 3 is 2.50 bits per heavy atom. The second-order valence-corrected chi connectivity index (χ2v) is 2.26. The van der Waals surface area contributed by atoms with Crippen LogP contribution in [0.25, 0.3) is 0 Å². The van der Waals surface area contributed by atoms with E-state index in [4.69, 9.17) is 16.7 Å². The molecule has 0 saturated heterocycles. The van der Waals surface area contributed by atoms with Crippen LogP contribution in [0.3, 0.4) is 0 Å². The summed E-state index contributed by atoms with van der Waals surface area (Å²) >= 11 is 5.28. The van der Waals surface area contributed by atoms with Crippen molar-refractivity contribution in [3.05, 3.63) is 4.91 Å². The number of halogens is 1. The molecule has 0 aliphatic carbocycles. The highest BCUT2D eigenvalue weighted by Crippen LogP contribution is 2.14. The van der Waals surface area contributed by atoms with Gasteiger partial charge in [-0.2, -0.15) is 4.91 Å². The highest BCUT2D eigenvalue weighted by molar-refractivity contribution is 6.22. The quantitative estimate of drug-likeness (QED) is 0.468. The molecule has 1 N–H and O–H groups in total. The van der Waals surface area contributed by atoms with E-state index in [1.54, 1.807) is 6.92 Å². The molecule has 48 valence electrons. The topological polar surface area (TPSA) is 49.7 Å². The summed E-state index contributed by atoms with van der Waals surface area (Å²) in [4.78, 5) is 9.48. The fourth-order valence-electron chi connectivity index (χ4n) is 0.211. The van der Waals surface area contributed by atoms with Crippen LogP contribution in [0.1, 0.15) is 13.3 Å². The van der Waals surface area contributed by atoms with Crippen molar-refractivity contribution in [1.82, 2.24) is 0 Å². The number of nitrogens with zero attached hydrogens (tertiary/aromatic N) is 1. The monoisotopic (exact) mass is 137 g/mol. The summed E-state index contributed by atoms with van der Waals surface area (Å²) in [5.74, 6) is 0. The van der Waals surface area contributed by atoms with E-state index in [1.165, 1.54) is 0 Å². The molecule has 0 saturated carbocycles. The van der Waals surface area contributed by atoms with Crippen LogP contribution in [-0.4, -0.2) is 16.7 Å². The Hall–Kier alpha value is -0.150. The van der Waals surface area contributed by atoms with E-state index < -0.39 is 5.06 Å². The summed E-state index contributed by atoms with van der Waals surface area (Å²) < 4.78 is 0. The normalized spacial score (nSPS) is 17.4. The van der Waals surface area contributed by atoms with Crippen LogP contribution >= 0.6 is 11.6 Å². The van der Waals surface area contributed by atoms with E-state index in [-0.39, 0.29) is 6.54 Å². The highest BCUT2D eigenvalue weighted by Gasteiger charge is 2.19. The van der Waals surface area contributed by atoms with Crippen molar-refractivity contribution in [2.45, 2.75) is 18.4 Å². The smallest absolute Gasteiger partial charge is 0.161 e. The van der Waals surface area contributed by atoms with Gasteiger partial charge in [-0.3, -0.25) is 0 Å². The minimum Gasteiger partial charge on any atom is -0.373 e. The van der Waals surface area contributed by atoms with Crippen LogP contribution in [0.15, 0.2) is 5.18 Å². The Labute approximate surface area is 52.6 Å². The summed E-state index contributed by atoms with van der Waals surface area (Å²) in [6.07, 6.45) is 0.334. The first-order valence-electron chi connectivity index (χ1n) is 2.33. The molecular formula is C4H8ClNO2. The Bertz CT molecular complexity index is 84.1. The number of rotatable bonds is 3. The number of hydrogen-bond donors (Lipinski definition) is 1. The summed E-state index contributed by atoms with van der Waals surface area (Å²) in [5.41, 5.74) is 0. The van der Waals surface area contributed by atoms with Crippen LogP contribution < -0.4 is 0 Å². The molecule has 0 spiro atoms. The molecule has 0 aromatic heterocycles. The third kappa shape index (κ3) is 2.93. The molecule has 0 aromatic rings. The van der Waals surface area contributed by atoms with Gasteiger partial charge in [0.1, 0.15) is 6.54 Å². The maximum atomic E-state index is 9.48. The molecule has 0 heterocycles. The third-order valence-corrected chi connectivity index (χ3v) is 1.24. The van der Waals surface area contributed by atoms with Gasteiger partial charge in [0.25, 0.3) is 0 Å². The van der Waals surface area contributed by atoms with Crippen LogP contribution in [0.4, 0.5) is 0 Å². The maximum absolute atomic E-state index is 9.48. The zero-order chi connectivity index (χ0) is 6.62. The van der Waals surface area contributed by atoms with Crippen molar-refractivity contribution in [2.24, 2.45) is 5.18 Å². The van der Waals surface area contributed by atoms with Crippen molar-refractivity contribution >= 4 is 11.6 Å². The number of aliphatic hydroxyl groups is 1. The van der Waals surface area contributed by atoms with Crippen molar-refractivity contribution in [1.29, 1.82) is 0 Å². The van der Waals surface area contributed by atoms with Crippen LogP contribution in [-0.2, 0) is 0 Å². The molecule has 1 unspecified atom stereocenters. The van der Waals surface area contributed by atoms with Gasteiger partial charge in [0.2, 0.25) is 0 Å². The van der Waals surface area contributed by atoms with E-state index in [2.05, 4.69) is 5.18 Å². The Kier molecular flexibility index (Phi) is 2.94. The van der Waals surface area contributed by atoms with Gasteiger partial charge in [0.05, 0.1) is 0 Å². The first kappa shape index (κ1) is 7.85. The van der Waals surface area contributed by atoms with Gasteiger partial charge >= 0.3 is 0 Å². The van der Waals surface area contributed by atoms with Crippen molar-refractivity contribution < 1.29 is 5.11 Å². The standard InChI is InChI=1S/C4H8ClNO2/c1-2-4(5,7)3-6-8/h7H,2-3H2,1H3. The minimum absolute atomic E-state index is 0.245. The van der Waals surface area contributed by atoms with Gasteiger partial charge in [-0.1, -0.05) is 23.7 Å². The molecule has 0 amide bonds. The largest absolute Gasteiger partial charge is 0.373 e. The summed E-state index contributed by atoms with van der Waals surface area (Å²) in [6.45, 7) is 1.43. The molecule has 0 radical (unpaired) electrons. The van der Waals surface area contributed by atoms with Crippen molar-refractivity contribution in [3.63, 3.8) is 0 Å². The molecule has 0 aliphatic heterocycles. The van der Waals surface area contributed by atoms with Crippen LogP contribution in [0.5, 0.6) is 0 Å². The fraction of sp³-hybridized carbons (Fsp3) is 1.00. The molecule has 4 heteroatoms. The van der Waals surface area contributed by atoms with Gasteiger partial charge in [-0.05, 0) is 6.42 Å².